The molecule has 4 N–H and O–H groups in total. The van der Waals surface area contributed by atoms with Crippen LogP contribution in [-0.2, 0) is 27.4 Å². The van der Waals surface area contributed by atoms with Crippen LogP contribution >= 0.6 is 0 Å². The number of alkyl carbamates (subject to hydrolysis) is 1. The third kappa shape index (κ3) is 6.64. The first-order valence-electron chi connectivity index (χ1n) is 8.63. The first-order chi connectivity index (χ1) is 13.3. The maximum atomic E-state index is 12.4. The third-order valence-corrected chi connectivity index (χ3v) is 3.93. The van der Waals surface area contributed by atoms with Gasteiger partial charge in [0.05, 0.1) is 0 Å². The summed E-state index contributed by atoms with van der Waals surface area (Å²) in [5.41, 5.74) is 1.46. The second kappa shape index (κ2) is 9.96. The molecule has 0 aromatic heterocycles. The summed E-state index contributed by atoms with van der Waals surface area (Å²) in [6.07, 6.45) is -0.704. The molecule has 8 heteroatoms. The van der Waals surface area contributed by atoms with Crippen LogP contribution in [0.5, 0.6) is 5.75 Å². The highest BCUT2D eigenvalue weighted by Crippen LogP contribution is 2.12. The van der Waals surface area contributed by atoms with E-state index in [1.54, 1.807) is 24.3 Å². The molecule has 148 valence electrons. The van der Waals surface area contributed by atoms with Gasteiger partial charge in [0.25, 0.3) is 0 Å². The molecule has 2 rings (SSSR count). The molecule has 0 radical (unpaired) electrons. The molecule has 0 saturated heterocycles. The van der Waals surface area contributed by atoms with Crippen molar-refractivity contribution in [2.75, 3.05) is 0 Å². The molecule has 0 aliphatic heterocycles. The highest BCUT2D eigenvalue weighted by atomic mass is 16.5. The van der Waals surface area contributed by atoms with Crippen molar-refractivity contribution in [3.63, 3.8) is 0 Å². The minimum atomic E-state index is -1.19. The lowest BCUT2D eigenvalue weighted by Crippen LogP contribution is -2.51. The molecule has 28 heavy (non-hydrogen) atoms. The lowest BCUT2D eigenvalue weighted by atomic mass is 10.0. The number of nitrogens with one attached hydrogen (secondary N) is 2. The molecular weight excluding hydrogens is 364 g/mol. The Kier molecular flexibility index (Phi) is 7.38. The second-order valence-corrected chi connectivity index (χ2v) is 6.20. The van der Waals surface area contributed by atoms with Crippen LogP contribution in [0.3, 0.4) is 0 Å². The van der Waals surface area contributed by atoms with Crippen LogP contribution in [0.4, 0.5) is 4.79 Å². The molecule has 0 aliphatic carbocycles. The Morgan fingerprint density at radius 3 is 2.21 bits per heavy atom. The summed E-state index contributed by atoms with van der Waals surface area (Å²) in [4.78, 5) is 35.6. The number of carboxylic acid groups (broad SMARTS) is 1. The molecule has 2 aromatic rings. The van der Waals surface area contributed by atoms with E-state index in [0.717, 1.165) is 5.56 Å². The van der Waals surface area contributed by atoms with E-state index in [2.05, 4.69) is 10.6 Å². The second-order valence-electron chi connectivity index (χ2n) is 6.20. The Hall–Kier alpha value is -3.55. The van der Waals surface area contributed by atoms with Gasteiger partial charge in [0.1, 0.15) is 24.4 Å². The Morgan fingerprint density at radius 2 is 1.61 bits per heavy atom. The fourth-order valence-corrected chi connectivity index (χ4v) is 2.36. The third-order valence-electron chi connectivity index (χ3n) is 3.93. The first kappa shape index (κ1) is 20.8. The van der Waals surface area contributed by atoms with E-state index >= 15 is 0 Å². The van der Waals surface area contributed by atoms with E-state index in [1.165, 1.54) is 19.1 Å². The number of hydrogen-bond acceptors (Lipinski definition) is 5. The number of rotatable bonds is 8. The lowest BCUT2D eigenvalue weighted by Gasteiger charge is -2.20. The van der Waals surface area contributed by atoms with Gasteiger partial charge in [-0.3, -0.25) is 9.59 Å². The quantitative estimate of drug-likeness (QED) is 0.548. The zero-order valence-electron chi connectivity index (χ0n) is 15.3. The van der Waals surface area contributed by atoms with Crippen molar-refractivity contribution in [1.29, 1.82) is 0 Å². The van der Waals surface area contributed by atoms with Gasteiger partial charge in [-0.15, -0.1) is 0 Å². The molecule has 2 atom stereocenters. The standard InChI is InChI=1S/C20H22N2O6/c1-13(19(25)26)21-18(24)17(11-14-7-9-16(23)10-8-14)22-20(27)28-12-15-5-3-2-4-6-15/h2-10,13,17,23H,11-12H2,1H3,(H,21,24)(H,22,27)(H,25,26)/t13-,17+/m1/s1. The maximum absolute atomic E-state index is 12.4. The largest absolute Gasteiger partial charge is 0.508 e. The number of aromatic hydroxyl groups is 1. The van der Waals surface area contributed by atoms with Gasteiger partial charge in [0.15, 0.2) is 0 Å². The zero-order valence-corrected chi connectivity index (χ0v) is 15.3. The topological polar surface area (TPSA) is 125 Å². The number of carboxylic acids is 1. The highest BCUT2D eigenvalue weighted by molar-refractivity contribution is 5.89. The van der Waals surface area contributed by atoms with Crippen LogP contribution < -0.4 is 10.6 Å². The van der Waals surface area contributed by atoms with Crippen LogP contribution in [-0.4, -0.2) is 40.3 Å². The molecule has 0 spiro atoms. The van der Waals surface area contributed by atoms with Crippen molar-refractivity contribution < 1.29 is 29.3 Å². The van der Waals surface area contributed by atoms with Crippen LogP contribution in [0.25, 0.3) is 0 Å². The van der Waals surface area contributed by atoms with Gasteiger partial charge in [0.2, 0.25) is 5.91 Å². The van der Waals surface area contributed by atoms with Crippen LogP contribution in [0.2, 0.25) is 0 Å². The number of carbonyl (C=O) groups is 3. The summed E-state index contributed by atoms with van der Waals surface area (Å²) in [6.45, 7) is 1.36. The van der Waals surface area contributed by atoms with E-state index in [-0.39, 0.29) is 18.8 Å². The van der Waals surface area contributed by atoms with Crippen molar-refractivity contribution in [1.82, 2.24) is 10.6 Å². The summed E-state index contributed by atoms with van der Waals surface area (Å²) in [6, 6.07) is 13.0. The van der Waals surface area contributed by atoms with Crippen LogP contribution in [0.1, 0.15) is 18.1 Å². The summed E-state index contributed by atoms with van der Waals surface area (Å²) < 4.78 is 5.13. The molecule has 0 saturated carbocycles. The number of amides is 2. The molecular formula is C20H22N2O6. The number of phenolic OH excluding ortho intramolecular Hbond substituents is 1. The van der Waals surface area contributed by atoms with Crippen molar-refractivity contribution in [3.05, 3.63) is 65.7 Å². The molecule has 8 nitrogen and oxygen atoms in total. The number of hydrogen-bond donors (Lipinski definition) is 4. The van der Waals surface area contributed by atoms with E-state index in [9.17, 15) is 19.5 Å². The summed E-state index contributed by atoms with van der Waals surface area (Å²) in [7, 11) is 0. The number of carbonyl (C=O) groups excluding carboxylic acids is 2. The monoisotopic (exact) mass is 386 g/mol. The van der Waals surface area contributed by atoms with Crippen molar-refractivity contribution >= 4 is 18.0 Å². The van der Waals surface area contributed by atoms with Crippen LogP contribution in [0.15, 0.2) is 54.6 Å². The Balaban J connectivity index is 2.03. The number of ether oxygens (including phenoxy) is 1. The average Bonchev–Trinajstić information content (AvgIpc) is 2.68. The molecule has 0 bridgehead atoms. The van der Waals surface area contributed by atoms with E-state index in [1.807, 2.05) is 18.2 Å². The minimum absolute atomic E-state index is 0.0335. The number of aliphatic carboxylic acids is 1. The Labute approximate surface area is 162 Å². The summed E-state index contributed by atoms with van der Waals surface area (Å²) >= 11 is 0. The van der Waals surface area contributed by atoms with Gasteiger partial charge < -0.3 is 25.6 Å². The van der Waals surface area contributed by atoms with E-state index in [0.29, 0.717) is 5.56 Å². The maximum Gasteiger partial charge on any atom is 0.408 e. The van der Waals surface area contributed by atoms with Crippen molar-refractivity contribution in [2.24, 2.45) is 0 Å². The predicted molar refractivity (Wildman–Crippen MR) is 101 cm³/mol. The average molecular weight is 386 g/mol. The fraction of sp³-hybridized carbons (Fsp3) is 0.250. The number of phenols is 1. The van der Waals surface area contributed by atoms with Crippen LogP contribution in [0, 0.1) is 0 Å². The normalized spacial score (nSPS) is 12.5. The van der Waals surface area contributed by atoms with Gasteiger partial charge in [0, 0.05) is 6.42 Å². The summed E-state index contributed by atoms with van der Waals surface area (Å²) in [5, 5.41) is 23.1. The molecule has 2 aromatic carbocycles. The molecule has 0 heterocycles. The van der Waals surface area contributed by atoms with E-state index in [4.69, 9.17) is 9.84 Å². The van der Waals surface area contributed by atoms with Gasteiger partial charge >= 0.3 is 12.1 Å². The lowest BCUT2D eigenvalue weighted by molar-refractivity contribution is -0.141. The van der Waals surface area contributed by atoms with Gasteiger partial charge in [-0.05, 0) is 30.2 Å². The molecule has 2 amide bonds. The Morgan fingerprint density at radius 1 is 0.964 bits per heavy atom. The highest BCUT2D eigenvalue weighted by Gasteiger charge is 2.25. The fourth-order valence-electron chi connectivity index (χ4n) is 2.36. The van der Waals surface area contributed by atoms with Crippen molar-refractivity contribution in [2.45, 2.75) is 32.0 Å². The van der Waals surface area contributed by atoms with E-state index < -0.39 is 30.1 Å². The molecule has 0 unspecified atom stereocenters. The Bertz CT molecular complexity index is 807. The van der Waals surface area contributed by atoms with Gasteiger partial charge in [-0.2, -0.15) is 0 Å². The van der Waals surface area contributed by atoms with Gasteiger partial charge in [-0.1, -0.05) is 42.5 Å². The SMILES string of the molecule is C[C@@H](NC(=O)[C@H](Cc1ccc(O)cc1)NC(=O)OCc1ccccc1)C(=O)O. The molecule has 0 fully saturated rings. The summed E-state index contributed by atoms with van der Waals surface area (Å²) in [5.74, 6) is -1.78. The van der Waals surface area contributed by atoms with Gasteiger partial charge in [-0.25, -0.2) is 4.79 Å². The van der Waals surface area contributed by atoms with Crippen molar-refractivity contribution in [3.8, 4) is 5.75 Å². The predicted octanol–water partition coefficient (Wildman–Crippen LogP) is 1.82. The number of benzene rings is 2. The minimum Gasteiger partial charge on any atom is -0.508 e. The zero-order chi connectivity index (χ0) is 20.5. The first-order valence-corrected chi connectivity index (χ1v) is 8.63. The molecule has 0 aliphatic rings. The smallest absolute Gasteiger partial charge is 0.408 e.